The summed E-state index contributed by atoms with van der Waals surface area (Å²) in [5.74, 6) is 4.02. The highest BCUT2D eigenvalue weighted by atomic mass is 14.8. The Hall–Kier alpha value is -0.550. The quantitative estimate of drug-likeness (QED) is 0.781. The van der Waals surface area contributed by atoms with Crippen LogP contribution in [0.1, 0.15) is 64.2 Å². The molecule has 0 amide bonds. The van der Waals surface area contributed by atoms with E-state index in [1.165, 1.54) is 51.4 Å². The van der Waals surface area contributed by atoms with Crippen molar-refractivity contribution >= 4 is 0 Å². The number of nitrogens with zero attached hydrogens (tertiary/aromatic N) is 1. The molecule has 0 aromatic rings. The third-order valence-electron chi connectivity index (χ3n) is 7.05. The summed E-state index contributed by atoms with van der Waals surface area (Å²) in [7, 11) is 0. The first-order chi connectivity index (χ1) is 9.11. The molecular formula is C17H26N2. The molecule has 0 aromatic carbocycles. The lowest BCUT2D eigenvalue weighted by Crippen LogP contribution is -2.52. The number of hydrogen-bond donors (Lipinski definition) is 1. The Kier molecular flexibility index (Phi) is 2.56. The van der Waals surface area contributed by atoms with Crippen LogP contribution in [0.3, 0.4) is 0 Å². The highest BCUT2D eigenvalue weighted by Gasteiger charge is 2.54. The molecule has 0 aromatic heterocycles. The zero-order valence-electron chi connectivity index (χ0n) is 11.9. The van der Waals surface area contributed by atoms with Crippen molar-refractivity contribution in [3.8, 4) is 6.07 Å². The average molecular weight is 258 g/mol. The van der Waals surface area contributed by atoms with E-state index in [1.54, 1.807) is 0 Å². The van der Waals surface area contributed by atoms with E-state index in [9.17, 15) is 5.26 Å². The van der Waals surface area contributed by atoms with Crippen molar-refractivity contribution in [3.05, 3.63) is 0 Å². The molecule has 19 heavy (non-hydrogen) atoms. The maximum Gasteiger partial charge on any atom is 0.104 e. The maximum atomic E-state index is 9.20. The predicted molar refractivity (Wildman–Crippen MR) is 75.1 cm³/mol. The van der Waals surface area contributed by atoms with Crippen LogP contribution in [0.15, 0.2) is 0 Å². The van der Waals surface area contributed by atoms with Gasteiger partial charge in [0.15, 0.2) is 0 Å². The van der Waals surface area contributed by atoms with Crippen LogP contribution in [0.25, 0.3) is 0 Å². The van der Waals surface area contributed by atoms with Gasteiger partial charge in [-0.3, -0.25) is 0 Å². The summed E-state index contributed by atoms with van der Waals surface area (Å²) in [5, 5.41) is 9.20. The summed E-state index contributed by atoms with van der Waals surface area (Å²) in [6.07, 6.45) is 13.4. The molecule has 5 rings (SSSR count). The van der Waals surface area contributed by atoms with Crippen molar-refractivity contribution in [3.63, 3.8) is 0 Å². The number of hydrogen-bond acceptors (Lipinski definition) is 2. The molecule has 0 spiro atoms. The average Bonchev–Trinajstić information content (AvgIpc) is 2.38. The molecular weight excluding hydrogens is 232 g/mol. The van der Waals surface area contributed by atoms with Gasteiger partial charge in [0, 0.05) is 0 Å². The van der Waals surface area contributed by atoms with Gasteiger partial charge < -0.3 is 5.73 Å². The van der Waals surface area contributed by atoms with Crippen molar-refractivity contribution in [2.24, 2.45) is 34.8 Å². The molecule has 5 aliphatic rings. The molecule has 0 unspecified atom stereocenters. The van der Waals surface area contributed by atoms with Gasteiger partial charge in [-0.25, -0.2) is 0 Å². The third kappa shape index (κ3) is 1.85. The van der Waals surface area contributed by atoms with E-state index >= 15 is 0 Å². The van der Waals surface area contributed by atoms with E-state index in [4.69, 9.17) is 5.73 Å². The van der Waals surface area contributed by atoms with Gasteiger partial charge in [-0.05, 0) is 93.3 Å². The fourth-order valence-corrected chi connectivity index (χ4v) is 6.53. The zero-order chi connectivity index (χ0) is 13.1. The fraction of sp³-hybridized carbons (Fsp3) is 0.941. The molecule has 0 atom stereocenters. The summed E-state index contributed by atoms with van der Waals surface area (Å²) in [4.78, 5) is 0. The molecule has 5 fully saturated rings. The van der Waals surface area contributed by atoms with Gasteiger partial charge in [0.25, 0.3) is 0 Å². The fourth-order valence-electron chi connectivity index (χ4n) is 6.53. The molecule has 0 radical (unpaired) electrons. The second kappa shape index (κ2) is 3.98. The SMILES string of the molecule is N#CC1(N)CCC(C23CC4CC(CC(C4)C2)C3)CC1. The molecule has 0 heterocycles. The van der Waals surface area contributed by atoms with E-state index in [0.29, 0.717) is 5.41 Å². The van der Waals surface area contributed by atoms with Crippen molar-refractivity contribution in [1.29, 1.82) is 5.26 Å². The minimum Gasteiger partial charge on any atom is -0.313 e. The van der Waals surface area contributed by atoms with Gasteiger partial charge in [0.05, 0.1) is 6.07 Å². The predicted octanol–water partition coefficient (Wildman–Crippen LogP) is 3.61. The Morgan fingerprint density at radius 2 is 1.37 bits per heavy atom. The lowest BCUT2D eigenvalue weighted by atomic mass is 9.45. The van der Waals surface area contributed by atoms with Crippen molar-refractivity contribution in [1.82, 2.24) is 0 Å². The molecule has 0 saturated heterocycles. The van der Waals surface area contributed by atoms with Crippen LogP contribution in [-0.4, -0.2) is 5.54 Å². The molecule has 104 valence electrons. The van der Waals surface area contributed by atoms with E-state index in [0.717, 1.165) is 36.5 Å². The van der Waals surface area contributed by atoms with Crippen LogP contribution in [-0.2, 0) is 0 Å². The van der Waals surface area contributed by atoms with E-state index in [2.05, 4.69) is 6.07 Å². The first kappa shape index (κ1) is 12.2. The van der Waals surface area contributed by atoms with Crippen molar-refractivity contribution in [2.75, 3.05) is 0 Å². The Bertz CT molecular complexity index is 376. The third-order valence-corrected chi connectivity index (χ3v) is 7.05. The van der Waals surface area contributed by atoms with Crippen LogP contribution in [0.2, 0.25) is 0 Å². The molecule has 4 bridgehead atoms. The largest absolute Gasteiger partial charge is 0.313 e. The first-order valence-electron chi connectivity index (χ1n) is 8.31. The van der Waals surface area contributed by atoms with Crippen molar-refractivity contribution < 1.29 is 0 Å². The summed E-state index contributed by atoms with van der Waals surface area (Å²) < 4.78 is 0. The number of rotatable bonds is 1. The smallest absolute Gasteiger partial charge is 0.104 e. The molecule has 5 aliphatic carbocycles. The highest BCUT2D eigenvalue weighted by molar-refractivity contribution is 5.11. The lowest BCUT2D eigenvalue weighted by molar-refractivity contribution is -0.0971. The van der Waals surface area contributed by atoms with Crippen molar-refractivity contribution in [2.45, 2.75) is 69.7 Å². The van der Waals surface area contributed by atoms with Crippen LogP contribution in [0, 0.1) is 40.4 Å². The van der Waals surface area contributed by atoms with Crippen LogP contribution in [0.4, 0.5) is 0 Å². The van der Waals surface area contributed by atoms with E-state index in [-0.39, 0.29) is 0 Å². The van der Waals surface area contributed by atoms with Crippen LogP contribution >= 0.6 is 0 Å². The van der Waals surface area contributed by atoms with Gasteiger partial charge in [-0.15, -0.1) is 0 Å². The minimum absolute atomic E-state index is 0.501. The monoisotopic (exact) mass is 258 g/mol. The number of nitrogens with two attached hydrogens (primary N) is 1. The standard InChI is InChI=1S/C17H26N2/c18-11-17(19)3-1-15(2-4-17)16-8-12-5-13(9-16)7-14(6-12)10-16/h12-15H,1-10,19H2. The van der Waals surface area contributed by atoms with Gasteiger partial charge in [-0.1, -0.05) is 0 Å². The zero-order valence-corrected chi connectivity index (χ0v) is 11.9. The molecule has 2 nitrogen and oxygen atoms in total. The van der Waals surface area contributed by atoms with Crippen LogP contribution < -0.4 is 5.73 Å². The Morgan fingerprint density at radius 3 is 1.79 bits per heavy atom. The molecule has 2 N–H and O–H groups in total. The van der Waals surface area contributed by atoms with E-state index < -0.39 is 5.54 Å². The Labute approximate surface area is 116 Å². The summed E-state index contributed by atoms with van der Waals surface area (Å²) in [5.41, 5.74) is 6.32. The van der Waals surface area contributed by atoms with Gasteiger partial charge in [0.2, 0.25) is 0 Å². The van der Waals surface area contributed by atoms with Gasteiger partial charge in [0.1, 0.15) is 5.54 Å². The second-order valence-electron chi connectivity index (χ2n) is 8.32. The van der Waals surface area contributed by atoms with Gasteiger partial charge in [-0.2, -0.15) is 5.26 Å². The topological polar surface area (TPSA) is 49.8 Å². The van der Waals surface area contributed by atoms with Gasteiger partial charge >= 0.3 is 0 Å². The summed E-state index contributed by atoms with van der Waals surface area (Å²) in [6.45, 7) is 0. The van der Waals surface area contributed by atoms with E-state index in [1.807, 2.05) is 0 Å². The Morgan fingerprint density at radius 1 is 0.895 bits per heavy atom. The highest BCUT2D eigenvalue weighted by Crippen LogP contribution is 2.64. The maximum absolute atomic E-state index is 9.20. The molecule has 2 heteroatoms. The van der Waals surface area contributed by atoms with Crippen LogP contribution in [0.5, 0.6) is 0 Å². The lowest BCUT2D eigenvalue weighted by Gasteiger charge is -2.60. The molecule has 5 saturated carbocycles. The second-order valence-corrected chi connectivity index (χ2v) is 8.32. The molecule has 0 aliphatic heterocycles. The summed E-state index contributed by atoms with van der Waals surface area (Å²) >= 11 is 0. The normalized spacial score (nSPS) is 56.0. The minimum atomic E-state index is -0.501. The Balaban J connectivity index is 1.52. The summed E-state index contributed by atoms with van der Waals surface area (Å²) in [6, 6.07) is 2.35. The number of nitriles is 1. The first-order valence-corrected chi connectivity index (χ1v) is 8.31.